The van der Waals surface area contributed by atoms with Crippen molar-refractivity contribution in [2.24, 2.45) is 0 Å². The van der Waals surface area contributed by atoms with Gasteiger partial charge in [-0.05, 0) is 53.1 Å². The topological polar surface area (TPSA) is 0 Å². The van der Waals surface area contributed by atoms with Crippen molar-refractivity contribution in [1.29, 1.82) is 0 Å². The number of rotatable bonds is 5. The van der Waals surface area contributed by atoms with Gasteiger partial charge in [0.15, 0.2) is 0 Å². The Morgan fingerprint density at radius 3 is 2.47 bits per heavy atom. The van der Waals surface area contributed by atoms with Crippen LogP contribution in [-0.2, 0) is 6.42 Å². The lowest BCUT2D eigenvalue weighted by molar-refractivity contribution is 0.667. The highest BCUT2D eigenvalue weighted by Gasteiger charge is 2.08. The van der Waals surface area contributed by atoms with Crippen LogP contribution >= 0.6 is 22.6 Å². The van der Waals surface area contributed by atoms with Crippen molar-refractivity contribution in [2.45, 2.75) is 58.7 Å². The average molecular weight is 384 g/mol. The van der Waals surface area contributed by atoms with E-state index in [1.165, 1.54) is 46.8 Å². The second kappa shape index (κ2) is 8.11. The van der Waals surface area contributed by atoms with Gasteiger partial charge in [-0.2, -0.15) is 0 Å². The van der Waals surface area contributed by atoms with E-state index in [0.717, 1.165) is 0 Å². The first-order valence-electron chi connectivity index (χ1n) is 7.24. The Hall–Kier alpha value is -0.273. The summed E-state index contributed by atoms with van der Waals surface area (Å²) in [6, 6.07) is 6.76. The highest BCUT2D eigenvalue weighted by molar-refractivity contribution is 14.1. The summed E-state index contributed by atoms with van der Waals surface area (Å²) in [5.74, 6) is 3.40. The minimum Gasteiger partial charge on any atom is -0.127 e. The molecule has 0 N–H and O–H groups in total. The Kier molecular flexibility index (Phi) is 7.16. The predicted octanol–water partition coefficient (Wildman–Crippen LogP) is 5.64. The van der Waals surface area contributed by atoms with E-state index in [2.05, 4.69) is 78.8 Å². The van der Waals surface area contributed by atoms with Gasteiger partial charge in [0.2, 0.25) is 0 Å². The zero-order chi connectivity index (χ0) is 14.3. The lowest BCUT2D eigenvalue weighted by Gasteiger charge is -2.06. The maximum absolute atomic E-state index is 3.47. The largest absolute Gasteiger partial charge is 0.129 e. The molecule has 0 nitrogen and oxygen atoms in total. The van der Waals surface area contributed by atoms with E-state index < -0.39 is 8.07 Å². The van der Waals surface area contributed by atoms with Crippen molar-refractivity contribution in [3.63, 3.8) is 0 Å². The van der Waals surface area contributed by atoms with Crippen LogP contribution in [-0.4, -0.2) is 8.07 Å². The van der Waals surface area contributed by atoms with Crippen molar-refractivity contribution < 1.29 is 0 Å². The van der Waals surface area contributed by atoms with Gasteiger partial charge >= 0.3 is 0 Å². The van der Waals surface area contributed by atoms with Crippen LogP contribution in [0.25, 0.3) is 0 Å². The Morgan fingerprint density at radius 2 is 1.84 bits per heavy atom. The number of halogens is 1. The summed E-state index contributed by atoms with van der Waals surface area (Å²) in [6.45, 7) is 9.14. The van der Waals surface area contributed by atoms with Crippen LogP contribution in [0.2, 0.25) is 19.6 Å². The first-order chi connectivity index (χ1) is 8.92. The highest BCUT2D eigenvalue weighted by Crippen LogP contribution is 2.16. The van der Waals surface area contributed by atoms with Crippen LogP contribution in [0.1, 0.15) is 43.7 Å². The van der Waals surface area contributed by atoms with Crippen molar-refractivity contribution in [1.82, 2.24) is 0 Å². The molecule has 0 unspecified atom stereocenters. The van der Waals surface area contributed by atoms with Crippen molar-refractivity contribution >= 4 is 30.7 Å². The summed E-state index contributed by atoms with van der Waals surface area (Å²) in [5.41, 5.74) is 6.13. The molecule has 0 aliphatic carbocycles. The molecule has 0 saturated carbocycles. The number of unbranched alkanes of at least 4 members (excludes halogenated alkanes) is 3. The van der Waals surface area contributed by atoms with Gasteiger partial charge in [0.1, 0.15) is 8.07 Å². The van der Waals surface area contributed by atoms with E-state index in [4.69, 9.17) is 0 Å². The fraction of sp³-hybridized carbons (Fsp3) is 0.529. The molecule has 0 aliphatic heterocycles. The summed E-state index contributed by atoms with van der Waals surface area (Å²) >= 11 is 2.39. The molecule has 0 radical (unpaired) electrons. The van der Waals surface area contributed by atoms with Crippen LogP contribution in [0.15, 0.2) is 18.2 Å². The maximum Gasteiger partial charge on any atom is 0.129 e. The monoisotopic (exact) mass is 384 g/mol. The molecule has 0 aliphatic rings. The quantitative estimate of drug-likeness (QED) is 0.267. The van der Waals surface area contributed by atoms with Gasteiger partial charge in [-0.25, -0.2) is 0 Å². The van der Waals surface area contributed by atoms with E-state index >= 15 is 0 Å². The van der Waals surface area contributed by atoms with Crippen LogP contribution < -0.4 is 0 Å². The summed E-state index contributed by atoms with van der Waals surface area (Å²) in [5, 5.41) is 0. The fourth-order valence-electron chi connectivity index (χ4n) is 1.83. The van der Waals surface area contributed by atoms with Crippen LogP contribution in [0.4, 0.5) is 0 Å². The third-order valence-corrected chi connectivity index (χ3v) is 4.74. The molecule has 0 aromatic heterocycles. The van der Waals surface area contributed by atoms with Crippen LogP contribution in [0.5, 0.6) is 0 Å². The smallest absolute Gasteiger partial charge is 0.127 e. The summed E-state index contributed by atoms with van der Waals surface area (Å²) in [4.78, 5) is 0. The highest BCUT2D eigenvalue weighted by atomic mass is 127. The van der Waals surface area contributed by atoms with E-state index in [1.54, 1.807) is 0 Å². The zero-order valence-corrected chi connectivity index (χ0v) is 15.8. The Morgan fingerprint density at radius 1 is 1.11 bits per heavy atom. The van der Waals surface area contributed by atoms with Gasteiger partial charge in [0.25, 0.3) is 0 Å². The molecule has 0 saturated heterocycles. The van der Waals surface area contributed by atoms with Gasteiger partial charge in [0, 0.05) is 9.13 Å². The van der Waals surface area contributed by atoms with E-state index in [1.807, 2.05) is 0 Å². The van der Waals surface area contributed by atoms with E-state index in [9.17, 15) is 0 Å². The summed E-state index contributed by atoms with van der Waals surface area (Å²) in [6.07, 6.45) is 6.50. The molecule has 0 atom stereocenters. The molecule has 104 valence electrons. The molecule has 0 amide bonds. The van der Waals surface area contributed by atoms with Gasteiger partial charge in [0.05, 0.1) is 0 Å². The van der Waals surface area contributed by atoms with Crippen LogP contribution in [0.3, 0.4) is 0 Å². The number of hydrogen-bond acceptors (Lipinski definition) is 0. The Labute approximate surface area is 133 Å². The SMILES string of the molecule is CCCCCCc1ccc(I)c(C#C[Si](C)(C)C)c1. The molecule has 1 aromatic carbocycles. The Bertz CT molecular complexity index is 460. The van der Waals surface area contributed by atoms with Crippen LogP contribution in [0, 0.1) is 15.0 Å². The minimum atomic E-state index is -1.28. The summed E-state index contributed by atoms with van der Waals surface area (Å²) in [7, 11) is -1.28. The van der Waals surface area contributed by atoms with Crippen molar-refractivity contribution in [3.8, 4) is 11.5 Å². The second-order valence-corrected chi connectivity index (χ2v) is 12.0. The van der Waals surface area contributed by atoms with Crippen molar-refractivity contribution in [3.05, 3.63) is 32.9 Å². The molecular formula is C17H25ISi. The van der Waals surface area contributed by atoms with Crippen molar-refractivity contribution in [2.75, 3.05) is 0 Å². The molecule has 1 rings (SSSR count). The first kappa shape index (κ1) is 16.8. The van der Waals surface area contributed by atoms with Gasteiger partial charge < -0.3 is 0 Å². The molecule has 2 heteroatoms. The first-order valence-corrected chi connectivity index (χ1v) is 11.8. The fourth-order valence-corrected chi connectivity index (χ4v) is 2.81. The lowest BCUT2D eigenvalue weighted by atomic mass is 10.0. The molecular weight excluding hydrogens is 359 g/mol. The normalized spacial score (nSPS) is 11.0. The number of benzene rings is 1. The van der Waals surface area contributed by atoms with Gasteiger partial charge in [-0.1, -0.05) is 57.8 Å². The average Bonchev–Trinajstić information content (AvgIpc) is 2.34. The third kappa shape index (κ3) is 7.17. The molecule has 1 aromatic rings. The molecule has 19 heavy (non-hydrogen) atoms. The minimum absolute atomic E-state index is 1.19. The third-order valence-electron chi connectivity index (χ3n) is 2.92. The van der Waals surface area contributed by atoms with E-state index in [0.29, 0.717) is 0 Å². The van der Waals surface area contributed by atoms with Gasteiger partial charge in [-0.3, -0.25) is 0 Å². The van der Waals surface area contributed by atoms with Gasteiger partial charge in [-0.15, -0.1) is 5.54 Å². The second-order valence-electron chi connectivity index (χ2n) is 6.12. The lowest BCUT2D eigenvalue weighted by Crippen LogP contribution is -2.16. The maximum atomic E-state index is 3.47. The predicted molar refractivity (Wildman–Crippen MR) is 97.2 cm³/mol. The number of hydrogen-bond donors (Lipinski definition) is 0. The Balaban J connectivity index is 2.73. The standard InChI is InChI=1S/C17H25ISi/c1-5-6-7-8-9-15-10-11-17(18)16(14-15)12-13-19(2,3)4/h10-11,14H,5-9H2,1-4H3. The molecule has 0 fully saturated rings. The number of aryl methyl sites for hydroxylation is 1. The molecule has 0 heterocycles. The molecule has 0 bridgehead atoms. The summed E-state index contributed by atoms with van der Waals surface area (Å²) < 4.78 is 1.28. The van der Waals surface area contributed by atoms with E-state index in [-0.39, 0.29) is 0 Å². The zero-order valence-electron chi connectivity index (χ0n) is 12.6. The molecule has 0 spiro atoms.